The predicted molar refractivity (Wildman–Crippen MR) is 149 cm³/mol. The van der Waals surface area contributed by atoms with Crippen LogP contribution in [0, 0.1) is 23.0 Å². The van der Waals surface area contributed by atoms with E-state index < -0.39 is 35.2 Å². The molecule has 1 N–H and O–H groups in total. The number of halogens is 2. The summed E-state index contributed by atoms with van der Waals surface area (Å²) >= 11 is 1.25. The molecule has 0 aliphatic carbocycles. The number of aliphatic hydroxyl groups is 1. The molecule has 43 heavy (non-hydrogen) atoms. The van der Waals surface area contributed by atoms with Crippen LogP contribution in [0.1, 0.15) is 35.9 Å². The van der Waals surface area contributed by atoms with E-state index in [0.29, 0.717) is 16.3 Å². The van der Waals surface area contributed by atoms with Crippen molar-refractivity contribution >= 4 is 23.4 Å². The van der Waals surface area contributed by atoms with Crippen LogP contribution in [0.15, 0.2) is 60.5 Å². The first kappa shape index (κ1) is 31.2. The molecule has 0 unspecified atom stereocenters. The number of ether oxygens (including phenoxy) is 2. The fourth-order valence-electron chi connectivity index (χ4n) is 4.24. The van der Waals surface area contributed by atoms with Gasteiger partial charge in [-0.2, -0.15) is 5.26 Å². The zero-order chi connectivity index (χ0) is 31.1. The summed E-state index contributed by atoms with van der Waals surface area (Å²) in [5.74, 6) is -2.80. The Labute approximate surface area is 250 Å². The molecule has 0 spiro atoms. The molecule has 0 bridgehead atoms. The molecule has 0 saturated carbocycles. The van der Waals surface area contributed by atoms with E-state index in [0.717, 1.165) is 23.8 Å². The summed E-state index contributed by atoms with van der Waals surface area (Å²) in [6, 6.07) is 11.8. The number of rotatable bonds is 11. The van der Waals surface area contributed by atoms with Crippen molar-refractivity contribution in [3.63, 3.8) is 0 Å². The van der Waals surface area contributed by atoms with Gasteiger partial charge in [0.15, 0.2) is 0 Å². The minimum Gasteiger partial charge on any atom is -0.464 e. The number of hydrogen-bond acceptors (Lipinski definition) is 9. The van der Waals surface area contributed by atoms with Gasteiger partial charge in [-0.1, -0.05) is 19.1 Å². The van der Waals surface area contributed by atoms with Crippen LogP contribution in [-0.2, 0) is 33.1 Å². The number of nitriles is 1. The lowest BCUT2D eigenvalue weighted by Gasteiger charge is -2.32. The first-order valence-electron chi connectivity index (χ1n) is 13.1. The number of carbonyl (C=O) groups is 2. The molecule has 2 aromatic carbocycles. The van der Waals surface area contributed by atoms with Crippen LogP contribution < -0.4 is 4.57 Å². The van der Waals surface area contributed by atoms with E-state index in [1.807, 2.05) is 0 Å². The number of likely N-dealkylation sites (N-methyl/N-ethyl adjacent to an activating group) is 1. The maximum Gasteiger partial charge on any atom is 0.412 e. The van der Waals surface area contributed by atoms with Gasteiger partial charge in [-0.05, 0) is 30.3 Å². The molecule has 0 aliphatic heterocycles. The number of aromatic nitrogens is 4. The van der Waals surface area contributed by atoms with Gasteiger partial charge in [-0.3, -0.25) is 4.79 Å². The second-order valence-corrected chi connectivity index (χ2v) is 10.7. The quantitative estimate of drug-likeness (QED) is 0.200. The number of hydrogen-bond donors (Lipinski definition) is 1. The van der Waals surface area contributed by atoms with Gasteiger partial charge in [-0.15, -0.1) is 16.0 Å². The van der Waals surface area contributed by atoms with E-state index in [-0.39, 0.29) is 32.0 Å². The van der Waals surface area contributed by atoms with Crippen molar-refractivity contribution in [2.45, 2.75) is 38.6 Å². The van der Waals surface area contributed by atoms with Crippen LogP contribution in [0.3, 0.4) is 0 Å². The van der Waals surface area contributed by atoms with Crippen molar-refractivity contribution in [2.75, 3.05) is 20.2 Å². The topological polar surface area (TPSA) is 134 Å². The van der Waals surface area contributed by atoms with E-state index in [1.165, 1.54) is 52.1 Å². The molecule has 224 valence electrons. The highest BCUT2D eigenvalue weighted by atomic mass is 32.1. The fourth-order valence-corrected chi connectivity index (χ4v) is 5.21. The van der Waals surface area contributed by atoms with Crippen LogP contribution >= 0.6 is 11.3 Å². The maximum absolute atomic E-state index is 15.1. The lowest BCUT2D eigenvalue weighted by molar-refractivity contribution is -0.728. The van der Waals surface area contributed by atoms with Gasteiger partial charge >= 0.3 is 12.1 Å². The highest BCUT2D eigenvalue weighted by Gasteiger charge is 2.43. The molecule has 0 saturated heterocycles. The predicted octanol–water partition coefficient (Wildman–Crippen LogP) is 3.72. The van der Waals surface area contributed by atoms with E-state index in [4.69, 9.17) is 14.7 Å². The van der Waals surface area contributed by atoms with Crippen molar-refractivity contribution in [3.05, 3.63) is 88.3 Å². The Morgan fingerprint density at radius 2 is 1.98 bits per heavy atom. The molecular weight excluding hydrogens is 582 g/mol. The van der Waals surface area contributed by atoms with Crippen LogP contribution in [-0.4, -0.2) is 57.0 Å². The number of amides is 1. The lowest BCUT2D eigenvalue weighted by Crippen LogP contribution is -2.40. The first-order chi connectivity index (χ1) is 20.5. The van der Waals surface area contributed by atoms with E-state index in [1.54, 1.807) is 36.6 Å². The first-order valence-corrected chi connectivity index (χ1v) is 13.9. The Kier molecular flexibility index (Phi) is 9.79. The summed E-state index contributed by atoms with van der Waals surface area (Å²) in [7, 11) is 1.49. The number of benzene rings is 2. The Bertz CT molecular complexity index is 1640. The summed E-state index contributed by atoms with van der Waals surface area (Å²) < 4.78 is 42.2. The Morgan fingerprint density at radius 3 is 2.67 bits per heavy atom. The van der Waals surface area contributed by atoms with Crippen LogP contribution in [0.25, 0.3) is 11.3 Å². The van der Waals surface area contributed by atoms with Gasteiger partial charge in [0.25, 0.3) is 6.33 Å². The largest absolute Gasteiger partial charge is 0.464 e. The third-order valence-electron chi connectivity index (χ3n) is 6.73. The van der Waals surface area contributed by atoms with Gasteiger partial charge in [0, 0.05) is 41.5 Å². The molecule has 2 atom stereocenters. The fraction of sp³-hybridized carbons (Fsp3) is 0.310. The van der Waals surface area contributed by atoms with Crippen molar-refractivity contribution in [1.82, 2.24) is 19.7 Å². The standard InChI is InChI=1S/C29H29F2N6O5S/c1-19(27-34-26(14-43-27)22-6-4-21(13-32)5-7-22)29(40,24-12-23(30)8-9-25(24)31)15-37-17-36(16-33-37)18-42-28(39)35(3)10-11-41-20(2)38/h4-9,12,14,16-17,19,40H,10-11,15,18H2,1-3H3/q+1/t19-,29+/m0/s1. The zero-order valence-corrected chi connectivity index (χ0v) is 24.4. The minimum atomic E-state index is -2.00. The third kappa shape index (κ3) is 7.56. The van der Waals surface area contributed by atoms with Crippen molar-refractivity contribution < 1.29 is 37.5 Å². The second kappa shape index (κ2) is 13.5. The highest BCUT2D eigenvalue weighted by molar-refractivity contribution is 7.10. The van der Waals surface area contributed by atoms with Gasteiger partial charge in [0.05, 0.1) is 28.9 Å². The lowest BCUT2D eigenvalue weighted by atomic mass is 9.82. The molecule has 4 aromatic rings. The normalized spacial score (nSPS) is 13.0. The molecule has 1 amide bonds. The number of carbonyl (C=O) groups excluding carboxylic acids is 2. The smallest absolute Gasteiger partial charge is 0.412 e. The zero-order valence-electron chi connectivity index (χ0n) is 23.6. The molecule has 0 fully saturated rings. The van der Waals surface area contributed by atoms with E-state index in [9.17, 15) is 19.1 Å². The van der Waals surface area contributed by atoms with Crippen LogP contribution in [0.5, 0.6) is 0 Å². The van der Waals surface area contributed by atoms with Gasteiger partial charge in [0.1, 0.15) is 30.4 Å². The van der Waals surface area contributed by atoms with Gasteiger partial charge in [-0.25, -0.2) is 23.1 Å². The summed E-state index contributed by atoms with van der Waals surface area (Å²) in [5, 5.41) is 27.6. The maximum atomic E-state index is 15.1. The summed E-state index contributed by atoms with van der Waals surface area (Å²) in [4.78, 5) is 29.0. The van der Waals surface area contributed by atoms with E-state index >= 15 is 4.39 Å². The number of thiazole rings is 1. The second-order valence-electron chi connectivity index (χ2n) is 9.79. The summed E-state index contributed by atoms with van der Waals surface area (Å²) in [6.07, 6.45) is 2.14. The van der Waals surface area contributed by atoms with E-state index in [2.05, 4.69) is 16.2 Å². The number of esters is 1. The van der Waals surface area contributed by atoms with Crippen molar-refractivity contribution in [2.24, 2.45) is 0 Å². The Hall–Kier alpha value is -4.74. The highest BCUT2D eigenvalue weighted by Crippen LogP contribution is 2.41. The molecule has 0 aliphatic rings. The van der Waals surface area contributed by atoms with Crippen LogP contribution in [0.2, 0.25) is 0 Å². The van der Waals surface area contributed by atoms with Gasteiger partial charge < -0.3 is 19.5 Å². The monoisotopic (exact) mass is 611 g/mol. The summed E-state index contributed by atoms with van der Waals surface area (Å²) in [6.45, 7) is 2.58. The number of nitrogens with zero attached hydrogens (tertiary/aromatic N) is 6. The molecular formula is C29H29F2N6O5S+. The average Bonchev–Trinajstić information content (AvgIpc) is 3.66. The molecule has 11 nitrogen and oxygen atoms in total. The molecule has 0 radical (unpaired) electrons. The van der Waals surface area contributed by atoms with Crippen molar-refractivity contribution in [3.8, 4) is 17.3 Å². The Morgan fingerprint density at radius 1 is 1.23 bits per heavy atom. The molecule has 2 aromatic heterocycles. The molecule has 2 heterocycles. The summed E-state index contributed by atoms with van der Waals surface area (Å²) in [5.41, 5.74) is -0.397. The molecule has 14 heteroatoms. The van der Waals surface area contributed by atoms with Crippen molar-refractivity contribution in [1.29, 1.82) is 5.26 Å². The molecule has 4 rings (SSSR count). The Balaban J connectivity index is 1.54. The van der Waals surface area contributed by atoms with Gasteiger partial charge in [0.2, 0.25) is 13.1 Å². The average molecular weight is 612 g/mol. The SMILES string of the molecule is CC(=O)OCCN(C)C(=O)OC[n+]1cnn(C[C@](O)(c2cc(F)ccc2F)[C@@H](C)c2nc(-c3ccc(C#N)cc3)cs2)c1. The minimum absolute atomic E-state index is 0.0213. The third-order valence-corrected chi connectivity index (χ3v) is 7.75. The van der Waals surface area contributed by atoms with Crippen LogP contribution in [0.4, 0.5) is 13.6 Å².